The minimum Gasteiger partial charge on any atom is -0.357 e. The minimum absolute atomic E-state index is 0.305. The zero-order valence-electron chi connectivity index (χ0n) is 16.3. The number of carbonyl (C=O) groups excluding carboxylic acids is 1. The van der Waals surface area contributed by atoms with Crippen molar-refractivity contribution in [2.24, 2.45) is 5.92 Å². The molecule has 3 aromatic rings. The molecule has 1 aromatic heterocycles. The third-order valence-corrected chi connectivity index (χ3v) is 7.53. The van der Waals surface area contributed by atoms with Crippen LogP contribution in [-0.4, -0.2) is 39.3 Å². The highest BCUT2D eigenvalue weighted by Gasteiger charge is 2.65. The lowest BCUT2D eigenvalue weighted by atomic mass is 9.85. The first-order valence-electron chi connectivity index (χ1n) is 10.5. The Hall–Kier alpha value is -2.30. The van der Waals surface area contributed by atoms with Crippen molar-refractivity contribution >= 4 is 28.4 Å². The summed E-state index contributed by atoms with van der Waals surface area (Å²) in [6.07, 6.45) is 3.13. The van der Waals surface area contributed by atoms with Gasteiger partial charge in [-0.2, -0.15) is 0 Å². The van der Waals surface area contributed by atoms with Gasteiger partial charge in [0, 0.05) is 35.2 Å². The number of hydrogen-bond donors (Lipinski definition) is 1. The van der Waals surface area contributed by atoms with E-state index in [2.05, 4.69) is 51.2 Å². The summed E-state index contributed by atoms with van der Waals surface area (Å²) in [4.78, 5) is 21.9. The van der Waals surface area contributed by atoms with Crippen molar-refractivity contribution in [1.82, 2.24) is 14.8 Å². The van der Waals surface area contributed by atoms with Crippen molar-refractivity contribution in [2.45, 2.75) is 37.4 Å². The molecular formula is C24H24ClN3O. The molecule has 4 heterocycles. The molecule has 1 spiro atoms. The lowest BCUT2D eigenvalue weighted by Crippen LogP contribution is -2.49. The number of nitrogens with one attached hydrogen (secondary N) is 1. The number of amides is 1. The molecule has 1 N–H and O–H groups in total. The molecule has 148 valence electrons. The number of likely N-dealkylation sites (tertiary alicyclic amines) is 1. The fourth-order valence-electron chi connectivity index (χ4n) is 6.14. The number of aromatic nitrogens is 1. The number of hydrogen-bond acceptors (Lipinski definition) is 2. The average Bonchev–Trinajstić information content (AvgIpc) is 3.44. The molecule has 0 radical (unpaired) electrons. The van der Waals surface area contributed by atoms with Crippen molar-refractivity contribution in [3.8, 4) is 0 Å². The minimum atomic E-state index is -0.305. The van der Waals surface area contributed by atoms with E-state index in [1.165, 1.54) is 16.6 Å². The molecule has 0 aliphatic carbocycles. The lowest BCUT2D eigenvalue weighted by Gasteiger charge is -2.33. The molecule has 4 nitrogen and oxygen atoms in total. The molecule has 6 rings (SSSR count). The first-order valence-corrected chi connectivity index (χ1v) is 10.9. The number of nitrogens with zero attached hydrogens (tertiary/aromatic N) is 2. The molecule has 1 amide bonds. The number of benzene rings is 2. The molecule has 5 heteroatoms. The van der Waals surface area contributed by atoms with Crippen LogP contribution in [0.3, 0.4) is 0 Å². The predicted octanol–water partition coefficient (Wildman–Crippen LogP) is 4.76. The molecule has 0 bridgehead atoms. The third kappa shape index (κ3) is 2.52. The molecular weight excluding hydrogens is 382 g/mol. The van der Waals surface area contributed by atoms with E-state index in [0.29, 0.717) is 24.4 Å². The summed E-state index contributed by atoms with van der Waals surface area (Å²) in [6, 6.07) is 18.9. The van der Waals surface area contributed by atoms with Crippen LogP contribution in [0.4, 0.5) is 0 Å². The van der Waals surface area contributed by atoms with Gasteiger partial charge in [0.1, 0.15) is 5.54 Å². The molecule has 3 saturated heterocycles. The number of halogens is 1. The Labute approximate surface area is 175 Å². The zero-order chi connectivity index (χ0) is 19.6. The third-order valence-electron chi connectivity index (χ3n) is 7.30. The molecule has 3 atom stereocenters. The first kappa shape index (κ1) is 17.5. The fraction of sp³-hybridized carbons (Fsp3) is 0.375. The van der Waals surface area contributed by atoms with Gasteiger partial charge in [-0.1, -0.05) is 41.9 Å². The molecule has 0 saturated carbocycles. The van der Waals surface area contributed by atoms with Crippen molar-refractivity contribution in [3.05, 3.63) is 70.9 Å². The summed E-state index contributed by atoms with van der Waals surface area (Å²) < 4.78 is 0. The first-order chi connectivity index (χ1) is 14.1. The lowest BCUT2D eigenvalue weighted by molar-refractivity contribution is -0.137. The molecule has 3 fully saturated rings. The van der Waals surface area contributed by atoms with Gasteiger partial charge in [-0.05, 0) is 61.0 Å². The summed E-state index contributed by atoms with van der Waals surface area (Å²) in [5, 5.41) is 1.98. The van der Waals surface area contributed by atoms with Crippen molar-refractivity contribution in [3.63, 3.8) is 0 Å². The molecule has 3 aliphatic heterocycles. The van der Waals surface area contributed by atoms with E-state index in [1.54, 1.807) is 0 Å². The average molecular weight is 406 g/mol. The second-order valence-corrected chi connectivity index (χ2v) is 9.23. The monoisotopic (exact) mass is 405 g/mol. The van der Waals surface area contributed by atoms with E-state index in [4.69, 9.17) is 11.6 Å². The summed E-state index contributed by atoms with van der Waals surface area (Å²) in [5.41, 5.74) is 3.25. The van der Waals surface area contributed by atoms with Crippen molar-refractivity contribution in [2.75, 3.05) is 13.1 Å². The number of rotatable bonds is 3. The smallest absolute Gasteiger partial charge is 0.243 e. The zero-order valence-corrected chi connectivity index (χ0v) is 17.0. The van der Waals surface area contributed by atoms with Crippen LogP contribution in [0.5, 0.6) is 0 Å². The highest BCUT2D eigenvalue weighted by molar-refractivity contribution is 6.30. The maximum atomic E-state index is 13.7. The van der Waals surface area contributed by atoms with Crippen LogP contribution in [0.25, 0.3) is 10.9 Å². The van der Waals surface area contributed by atoms with Gasteiger partial charge in [0.25, 0.3) is 0 Å². The number of fused-ring (bicyclic) bond motifs is 1. The van der Waals surface area contributed by atoms with Crippen LogP contribution < -0.4 is 0 Å². The van der Waals surface area contributed by atoms with E-state index in [9.17, 15) is 4.79 Å². The fourth-order valence-corrected chi connectivity index (χ4v) is 6.35. The topological polar surface area (TPSA) is 39.3 Å². The molecule has 3 aliphatic rings. The van der Waals surface area contributed by atoms with Gasteiger partial charge < -0.3 is 9.88 Å². The standard InChI is InChI=1S/C24H24ClN3O/c25-19-7-3-5-16(11-19)14-27-15-18-13-22(28-10-4-9-24(18,28)23(27)29)21-12-17-6-1-2-8-20(17)26-21/h1-3,5-8,11-12,18,22,26H,4,9-10,13-15H2/t18-,22-,24-/m0/s1. The van der Waals surface area contributed by atoms with Gasteiger partial charge in [0.15, 0.2) is 0 Å². The summed E-state index contributed by atoms with van der Waals surface area (Å²) in [6.45, 7) is 2.51. The number of H-pyrrole nitrogens is 1. The SMILES string of the molecule is O=C1N(Cc2cccc(Cl)c2)C[C@@H]2C[C@@H](c3cc4ccccc4[nH]3)N3CCC[C@@]123. The Kier molecular flexibility index (Phi) is 3.84. The van der Waals surface area contributed by atoms with E-state index >= 15 is 0 Å². The highest BCUT2D eigenvalue weighted by atomic mass is 35.5. The maximum Gasteiger partial charge on any atom is 0.243 e. The van der Waals surface area contributed by atoms with E-state index in [0.717, 1.165) is 42.9 Å². The maximum absolute atomic E-state index is 13.7. The quantitative estimate of drug-likeness (QED) is 0.682. The Morgan fingerprint density at radius 2 is 2.03 bits per heavy atom. The van der Waals surface area contributed by atoms with Gasteiger partial charge in [-0.3, -0.25) is 9.69 Å². The van der Waals surface area contributed by atoms with Gasteiger partial charge >= 0.3 is 0 Å². The van der Waals surface area contributed by atoms with Crippen LogP contribution in [0.15, 0.2) is 54.6 Å². The number of para-hydroxylation sites is 1. The Balaban J connectivity index is 1.31. The van der Waals surface area contributed by atoms with Gasteiger partial charge in [-0.25, -0.2) is 0 Å². The van der Waals surface area contributed by atoms with E-state index < -0.39 is 0 Å². The van der Waals surface area contributed by atoms with E-state index in [1.807, 2.05) is 18.2 Å². The van der Waals surface area contributed by atoms with Gasteiger partial charge in [0.05, 0.1) is 6.04 Å². The normalized spacial score (nSPS) is 29.0. The van der Waals surface area contributed by atoms with Gasteiger partial charge in [0.2, 0.25) is 5.91 Å². The molecule has 29 heavy (non-hydrogen) atoms. The van der Waals surface area contributed by atoms with Crippen LogP contribution in [0.1, 0.15) is 36.6 Å². The van der Waals surface area contributed by atoms with Crippen molar-refractivity contribution < 1.29 is 4.79 Å². The number of aromatic amines is 1. The second-order valence-electron chi connectivity index (χ2n) is 8.80. The Morgan fingerprint density at radius 3 is 2.90 bits per heavy atom. The summed E-state index contributed by atoms with van der Waals surface area (Å²) in [5.74, 6) is 0.715. The largest absolute Gasteiger partial charge is 0.357 e. The number of carbonyl (C=O) groups is 1. The van der Waals surface area contributed by atoms with Crippen LogP contribution >= 0.6 is 11.6 Å². The summed E-state index contributed by atoms with van der Waals surface area (Å²) >= 11 is 6.16. The summed E-state index contributed by atoms with van der Waals surface area (Å²) in [7, 11) is 0. The molecule has 0 unspecified atom stereocenters. The van der Waals surface area contributed by atoms with Crippen LogP contribution in [-0.2, 0) is 11.3 Å². The second kappa shape index (κ2) is 6.35. The molecule has 2 aromatic carbocycles. The van der Waals surface area contributed by atoms with Crippen LogP contribution in [0, 0.1) is 5.92 Å². The predicted molar refractivity (Wildman–Crippen MR) is 115 cm³/mol. The Bertz CT molecular complexity index is 1080. The van der Waals surface area contributed by atoms with Crippen LogP contribution in [0.2, 0.25) is 5.02 Å². The highest BCUT2D eigenvalue weighted by Crippen LogP contribution is 2.56. The van der Waals surface area contributed by atoms with Gasteiger partial charge in [-0.15, -0.1) is 0 Å². The van der Waals surface area contributed by atoms with E-state index in [-0.39, 0.29) is 5.54 Å². The Morgan fingerprint density at radius 1 is 1.14 bits per heavy atom. The van der Waals surface area contributed by atoms with Crippen molar-refractivity contribution in [1.29, 1.82) is 0 Å².